The Morgan fingerprint density at radius 3 is 2.67 bits per heavy atom. The van der Waals surface area contributed by atoms with E-state index in [2.05, 4.69) is 10.2 Å². The zero-order valence-corrected chi connectivity index (χ0v) is 17.5. The molecule has 1 aromatic rings. The summed E-state index contributed by atoms with van der Waals surface area (Å²) >= 11 is 0. The Morgan fingerprint density at radius 2 is 1.93 bits per heavy atom. The van der Waals surface area contributed by atoms with Gasteiger partial charge in [0.15, 0.2) is 0 Å². The normalized spacial score (nSPS) is 25.1. The third kappa shape index (κ3) is 4.37. The summed E-state index contributed by atoms with van der Waals surface area (Å²) < 4.78 is 12.5. The van der Waals surface area contributed by atoms with Crippen LogP contribution in [0.2, 0.25) is 0 Å². The second-order valence-corrected chi connectivity index (χ2v) is 8.40. The maximum absolute atomic E-state index is 13.3. The predicted molar refractivity (Wildman–Crippen MR) is 110 cm³/mol. The highest BCUT2D eigenvalue weighted by molar-refractivity contribution is 5.95. The minimum Gasteiger partial charge on any atom is -0.441 e. The van der Waals surface area contributed by atoms with E-state index in [1.54, 1.807) is 15.7 Å². The Hall–Kier alpha value is -2.39. The van der Waals surface area contributed by atoms with E-state index in [1.165, 1.54) is 0 Å². The van der Waals surface area contributed by atoms with Crippen LogP contribution in [0.3, 0.4) is 0 Å². The van der Waals surface area contributed by atoms with Crippen LogP contribution in [-0.2, 0) is 16.0 Å². The topological polar surface area (TPSA) is 93.1 Å². The van der Waals surface area contributed by atoms with Crippen LogP contribution in [0.1, 0.15) is 35.2 Å². The third-order valence-corrected chi connectivity index (χ3v) is 6.40. The Bertz CT molecular complexity index is 863. The molecule has 164 valence electrons. The highest BCUT2D eigenvalue weighted by atomic mass is 16.6. The van der Waals surface area contributed by atoms with E-state index >= 15 is 0 Å². The maximum Gasteiger partial charge on any atom is 0.407 e. The van der Waals surface area contributed by atoms with Gasteiger partial charge in [0.1, 0.15) is 11.2 Å². The van der Waals surface area contributed by atoms with Gasteiger partial charge in [-0.1, -0.05) is 0 Å². The Kier molecular flexibility index (Phi) is 6.10. The molecule has 4 rings (SSSR count). The van der Waals surface area contributed by atoms with Crippen LogP contribution >= 0.6 is 0 Å². The van der Waals surface area contributed by atoms with Crippen molar-refractivity contribution in [2.45, 2.75) is 38.3 Å². The van der Waals surface area contributed by atoms with Crippen molar-refractivity contribution in [3.05, 3.63) is 33.7 Å². The first-order valence-electron chi connectivity index (χ1n) is 10.7. The van der Waals surface area contributed by atoms with E-state index < -0.39 is 11.7 Å². The number of pyridine rings is 1. The summed E-state index contributed by atoms with van der Waals surface area (Å²) in [5.41, 5.74) is 0.176. The first-order chi connectivity index (χ1) is 14.5. The molecule has 30 heavy (non-hydrogen) atoms. The van der Waals surface area contributed by atoms with E-state index in [0.717, 1.165) is 26.1 Å². The van der Waals surface area contributed by atoms with Gasteiger partial charge in [-0.25, -0.2) is 4.79 Å². The zero-order valence-electron chi connectivity index (χ0n) is 17.5. The van der Waals surface area contributed by atoms with E-state index in [-0.39, 0.29) is 17.0 Å². The highest BCUT2D eigenvalue weighted by Crippen LogP contribution is 2.29. The molecule has 2 amide bonds. The molecule has 3 aliphatic heterocycles. The van der Waals surface area contributed by atoms with Gasteiger partial charge in [-0.15, -0.1) is 0 Å². The number of likely N-dealkylation sites (tertiary alicyclic amines) is 1. The number of rotatable bonds is 4. The number of carbonyl (C=O) groups excluding carboxylic acids is 2. The van der Waals surface area contributed by atoms with Crippen LogP contribution in [-0.4, -0.2) is 84.5 Å². The Balaban J connectivity index is 1.46. The second kappa shape index (κ2) is 8.77. The fraction of sp³-hybridized carbons (Fsp3) is 0.667. The lowest BCUT2D eigenvalue weighted by atomic mass is 9.95. The molecule has 9 nitrogen and oxygen atoms in total. The van der Waals surface area contributed by atoms with Crippen LogP contribution in [0.5, 0.6) is 0 Å². The molecule has 3 saturated heterocycles. The first kappa shape index (κ1) is 20.9. The van der Waals surface area contributed by atoms with Gasteiger partial charge in [0.25, 0.3) is 11.5 Å². The fourth-order valence-electron chi connectivity index (χ4n) is 4.48. The average molecular weight is 418 g/mol. The van der Waals surface area contributed by atoms with Gasteiger partial charge in [0.2, 0.25) is 0 Å². The second-order valence-electron chi connectivity index (χ2n) is 8.40. The van der Waals surface area contributed by atoms with Crippen molar-refractivity contribution in [1.29, 1.82) is 0 Å². The van der Waals surface area contributed by atoms with Gasteiger partial charge in [-0.05, 0) is 31.4 Å². The van der Waals surface area contributed by atoms with Crippen LogP contribution in [0.25, 0.3) is 0 Å². The number of hydrogen-bond acceptors (Lipinski definition) is 6. The number of nitrogens with zero attached hydrogens (tertiary/aromatic N) is 3. The summed E-state index contributed by atoms with van der Waals surface area (Å²) in [7, 11) is 0. The summed E-state index contributed by atoms with van der Waals surface area (Å²) in [4.78, 5) is 41.9. The molecule has 1 unspecified atom stereocenters. The summed E-state index contributed by atoms with van der Waals surface area (Å²) in [6.07, 6.45) is 3.41. The summed E-state index contributed by atoms with van der Waals surface area (Å²) in [6.45, 7) is 7.77. The molecule has 1 N–H and O–H groups in total. The molecular formula is C21H30N4O5. The fourth-order valence-corrected chi connectivity index (χ4v) is 4.48. The van der Waals surface area contributed by atoms with Crippen molar-refractivity contribution in [2.24, 2.45) is 0 Å². The van der Waals surface area contributed by atoms with E-state index in [1.807, 2.05) is 13.0 Å². The van der Waals surface area contributed by atoms with Crippen LogP contribution < -0.4 is 10.9 Å². The molecular weight excluding hydrogens is 388 g/mol. The number of amides is 2. The molecule has 0 aliphatic carbocycles. The molecule has 0 saturated carbocycles. The predicted octanol–water partition coefficient (Wildman–Crippen LogP) is 0.594. The number of alkyl carbamates (subject to hydrolysis) is 1. The van der Waals surface area contributed by atoms with Gasteiger partial charge >= 0.3 is 6.09 Å². The molecule has 1 atom stereocenters. The lowest BCUT2D eigenvalue weighted by Crippen LogP contribution is -2.41. The largest absolute Gasteiger partial charge is 0.441 e. The third-order valence-electron chi connectivity index (χ3n) is 6.40. The van der Waals surface area contributed by atoms with Crippen molar-refractivity contribution < 1.29 is 19.1 Å². The van der Waals surface area contributed by atoms with Crippen LogP contribution in [0.4, 0.5) is 4.79 Å². The Morgan fingerprint density at radius 1 is 1.13 bits per heavy atom. The lowest BCUT2D eigenvalue weighted by Gasteiger charge is -2.27. The van der Waals surface area contributed by atoms with Crippen LogP contribution in [0.15, 0.2) is 17.1 Å². The molecule has 0 aromatic carbocycles. The standard InChI is InChI=1S/C21H30N4O5/c1-16-3-7-25(10-9-23-11-13-29-14-12-23)19(27)17(16)18(26)24-6-2-4-21(5-8-24)15-22-20(28)30-21/h3,7H,2,4-6,8-15H2,1H3,(H,22,28). The summed E-state index contributed by atoms with van der Waals surface area (Å²) in [5, 5.41) is 2.72. The molecule has 3 fully saturated rings. The molecule has 4 heterocycles. The molecule has 0 radical (unpaired) electrons. The van der Waals surface area contributed by atoms with Gasteiger partial charge in [-0.3, -0.25) is 14.5 Å². The molecule has 3 aliphatic rings. The van der Waals surface area contributed by atoms with Crippen molar-refractivity contribution >= 4 is 12.0 Å². The number of ether oxygens (including phenoxy) is 2. The Labute approximate surface area is 175 Å². The maximum atomic E-state index is 13.3. The monoisotopic (exact) mass is 418 g/mol. The van der Waals surface area contributed by atoms with Crippen LogP contribution in [0, 0.1) is 6.92 Å². The SMILES string of the molecule is Cc1ccn(CCN2CCOCC2)c(=O)c1C(=O)N1CCCC2(CC1)CNC(=O)O2. The average Bonchev–Trinajstić information content (AvgIpc) is 2.98. The van der Waals surface area contributed by atoms with Gasteiger partial charge in [-0.2, -0.15) is 0 Å². The van der Waals surface area contributed by atoms with Gasteiger partial charge in [0.05, 0.1) is 19.8 Å². The number of hydrogen-bond donors (Lipinski definition) is 1. The van der Waals surface area contributed by atoms with Gasteiger partial charge < -0.3 is 24.3 Å². The number of carbonyl (C=O) groups is 2. The van der Waals surface area contributed by atoms with Crippen molar-refractivity contribution in [3.8, 4) is 0 Å². The molecule has 0 bridgehead atoms. The first-order valence-corrected chi connectivity index (χ1v) is 10.7. The quantitative estimate of drug-likeness (QED) is 0.770. The highest BCUT2D eigenvalue weighted by Gasteiger charge is 2.42. The molecule has 1 aromatic heterocycles. The molecule has 9 heteroatoms. The van der Waals surface area contributed by atoms with E-state index in [4.69, 9.17) is 9.47 Å². The minimum absolute atomic E-state index is 0.229. The van der Waals surface area contributed by atoms with E-state index in [0.29, 0.717) is 57.8 Å². The van der Waals surface area contributed by atoms with E-state index in [9.17, 15) is 14.4 Å². The summed E-state index contributed by atoms with van der Waals surface area (Å²) in [6, 6.07) is 1.84. The van der Waals surface area contributed by atoms with Crippen molar-refractivity contribution in [1.82, 2.24) is 19.7 Å². The minimum atomic E-state index is -0.532. The van der Waals surface area contributed by atoms with Crippen molar-refractivity contribution in [2.75, 3.05) is 52.5 Å². The number of aromatic nitrogens is 1. The smallest absolute Gasteiger partial charge is 0.407 e. The number of morpholine rings is 1. The van der Waals surface area contributed by atoms with Crippen molar-refractivity contribution in [3.63, 3.8) is 0 Å². The molecule has 1 spiro atoms. The summed E-state index contributed by atoms with van der Waals surface area (Å²) in [5.74, 6) is -0.229. The zero-order chi connectivity index (χ0) is 21.1. The van der Waals surface area contributed by atoms with Gasteiger partial charge in [0, 0.05) is 51.9 Å². The lowest BCUT2D eigenvalue weighted by molar-refractivity contribution is 0.0362. The number of nitrogens with one attached hydrogen (secondary N) is 1. The number of aryl methyl sites for hydroxylation is 1.